The summed E-state index contributed by atoms with van der Waals surface area (Å²) in [6.07, 6.45) is 60.0. The molecule has 60 heavy (non-hydrogen) atoms. The minimum absolute atomic E-state index is 0.0114. The van der Waals surface area contributed by atoms with Gasteiger partial charge in [-0.1, -0.05) is 230 Å². The summed E-state index contributed by atoms with van der Waals surface area (Å²) in [5.41, 5.74) is 0. The number of amides is 1. The van der Waals surface area contributed by atoms with Gasteiger partial charge in [-0.2, -0.15) is 0 Å². The Morgan fingerprint density at radius 3 is 1.30 bits per heavy atom. The number of nitrogens with one attached hydrogen (secondary N) is 1. The quantitative estimate of drug-likeness (QED) is 0.0322. The maximum absolute atomic E-state index is 12.4. The predicted molar refractivity (Wildman–Crippen MR) is 259 cm³/mol. The van der Waals surface area contributed by atoms with Crippen LogP contribution in [0.5, 0.6) is 0 Å². The molecule has 2 atom stereocenters. The van der Waals surface area contributed by atoms with E-state index in [1.165, 1.54) is 180 Å². The summed E-state index contributed by atoms with van der Waals surface area (Å²) in [7, 11) is 0. The van der Waals surface area contributed by atoms with Crippen molar-refractivity contribution in [3.63, 3.8) is 0 Å². The van der Waals surface area contributed by atoms with Crippen molar-refractivity contribution in [1.82, 2.24) is 5.32 Å². The van der Waals surface area contributed by atoms with Crippen LogP contribution in [0, 0.1) is 0 Å². The molecule has 0 rings (SSSR count). The number of carbonyl (C=O) groups is 2. The lowest BCUT2D eigenvalue weighted by molar-refractivity contribution is -0.143. The summed E-state index contributed by atoms with van der Waals surface area (Å²) in [6.45, 7) is 4.83. The van der Waals surface area contributed by atoms with Gasteiger partial charge in [-0.25, -0.2) is 0 Å². The number of hydrogen-bond donors (Lipinski definition) is 3. The van der Waals surface area contributed by atoms with Crippen molar-refractivity contribution in [3.8, 4) is 0 Å². The van der Waals surface area contributed by atoms with Crippen molar-refractivity contribution in [2.45, 2.75) is 283 Å². The molecule has 0 radical (unpaired) electrons. The highest BCUT2D eigenvalue weighted by atomic mass is 16.5. The fraction of sp³-hybridized carbons (Fsp3) is 0.852. The Kier molecular flexibility index (Phi) is 48.1. The molecule has 0 aliphatic rings. The highest BCUT2D eigenvalue weighted by molar-refractivity contribution is 5.76. The number of hydrogen-bond acceptors (Lipinski definition) is 5. The molecular formula is C54H101NO5. The molecule has 0 aliphatic heterocycles. The van der Waals surface area contributed by atoms with E-state index in [0.29, 0.717) is 19.4 Å². The number of esters is 1. The van der Waals surface area contributed by atoms with Gasteiger partial charge in [0.25, 0.3) is 0 Å². The predicted octanol–water partition coefficient (Wildman–Crippen LogP) is 15.7. The summed E-state index contributed by atoms with van der Waals surface area (Å²) < 4.78 is 5.47. The topological polar surface area (TPSA) is 95.9 Å². The second kappa shape index (κ2) is 49.7. The maximum atomic E-state index is 12.4. The van der Waals surface area contributed by atoms with Gasteiger partial charge in [-0.3, -0.25) is 9.59 Å². The van der Waals surface area contributed by atoms with Crippen molar-refractivity contribution in [2.75, 3.05) is 13.2 Å². The smallest absolute Gasteiger partial charge is 0.305 e. The average Bonchev–Trinajstić information content (AvgIpc) is 3.25. The van der Waals surface area contributed by atoms with Crippen molar-refractivity contribution in [2.24, 2.45) is 0 Å². The third kappa shape index (κ3) is 45.6. The van der Waals surface area contributed by atoms with E-state index in [0.717, 1.165) is 64.2 Å². The molecule has 2 unspecified atom stereocenters. The Labute approximate surface area is 373 Å². The van der Waals surface area contributed by atoms with Gasteiger partial charge in [0.2, 0.25) is 5.91 Å². The van der Waals surface area contributed by atoms with Crippen molar-refractivity contribution in [3.05, 3.63) is 36.5 Å². The zero-order chi connectivity index (χ0) is 43.7. The molecule has 0 spiro atoms. The van der Waals surface area contributed by atoms with Crippen LogP contribution in [-0.2, 0) is 14.3 Å². The second-order valence-corrected chi connectivity index (χ2v) is 17.9. The third-order valence-corrected chi connectivity index (χ3v) is 11.9. The lowest BCUT2D eigenvalue weighted by Gasteiger charge is -2.20. The van der Waals surface area contributed by atoms with Crippen LogP contribution in [0.15, 0.2) is 36.5 Å². The van der Waals surface area contributed by atoms with Crippen LogP contribution in [0.4, 0.5) is 0 Å². The monoisotopic (exact) mass is 844 g/mol. The number of ether oxygens (including phenoxy) is 1. The molecule has 3 N–H and O–H groups in total. The zero-order valence-electron chi connectivity index (χ0n) is 39.9. The van der Waals surface area contributed by atoms with E-state index in [-0.39, 0.29) is 18.5 Å². The molecule has 0 bridgehead atoms. The minimum Gasteiger partial charge on any atom is -0.466 e. The molecule has 6 heteroatoms. The normalized spacial score (nSPS) is 12.9. The molecule has 0 heterocycles. The van der Waals surface area contributed by atoms with Crippen LogP contribution in [0.3, 0.4) is 0 Å². The zero-order valence-corrected chi connectivity index (χ0v) is 39.9. The Morgan fingerprint density at radius 2 is 0.833 bits per heavy atom. The van der Waals surface area contributed by atoms with Gasteiger partial charge in [0, 0.05) is 12.8 Å². The van der Waals surface area contributed by atoms with Crippen LogP contribution in [-0.4, -0.2) is 47.4 Å². The average molecular weight is 844 g/mol. The lowest BCUT2D eigenvalue weighted by Crippen LogP contribution is -2.45. The van der Waals surface area contributed by atoms with E-state index in [2.05, 4.69) is 43.5 Å². The molecule has 0 saturated carbocycles. The number of carbonyl (C=O) groups excluding carboxylic acids is 2. The lowest BCUT2D eigenvalue weighted by atomic mass is 10.0. The van der Waals surface area contributed by atoms with E-state index >= 15 is 0 Å². The Balaban J connectivity index is 3.45. The summed E-state index contributed by atoms with van der Waals surface area (Å²) in [4.78, 5) is 24.5. The fourth-order valence-electron chi connectivity index (χ4n) is 7.84. The highest BCUT2D eigenvalue weighted by Crippen LogP contribution is 2.15. The van der Waals surface area contributed by atoms with Gasteiger partial charge in [0.15, 0.2) is 0 Å². The molecule has 6 nitrogen and oxygen atoms in total. The summed E-state index contributed by atoms with van der Waals surface area (Å²) >= 11 is 0. The van der Waals surface area contributed by atoms with Crippen molar-refractivity contribution < 1.29 is 24.5 Å². The van der Waals surface area contributed by atoms with Gasteiger partial charge < -0.3 is 20.3 Å². The van der Waals surface area contributed by atoms with Crippen LogP contribution < -0.4 is 5.32 Å². The van der Waals surface area contributed by atoms with E-state index in [9.17, 15) is 19.8 Å². The van der Waals surface area contributed by atoms with E-state index < -0.39 is 12.1 Å². The third-order valence-electron chi connectivity index (χ3n) is 11.9. The number of allylic oxidation sites excluding steroid dienone is 5. The van der Waals surface area contributed by atoms with Crippen LogP contribution in [0.25, 0.3) is 0 Å². The fourth-order valence-corrected chi connectivity index (χ4v) is 7.84. The van der Waals surface area contributed by atoms with E-state index in [1.807, 2.05) is 6.08 Å². The van der Waals surface area contributed by atoms with E-state index in [1.54, 1.807) is 6.08 Å². The Morgan fingerprint density at radius 1 is 0.467 bits per heavy atom. The first-order valence-electron chi connectivity index (χ1n) is 26.3. The maximum Gasteiger partial charge on any atom is 0.305 e. The standard InChI is InChI=1S/C54H101NO5/c1-3-5-7-9-11-13-15-16-17-18-19-20-21-24-28-32-36-40-44-48-54(59)60-49-45-41-37-33-29-25-22-23-27-31-35-39-43-47-53(58)55-51(50-56)52(57)46-42-38-34-30-26-14-12-10-8-6-4-2/h11,13,16-17,42,46,51-52,56-57H,3-10,12,14-15,18-41,43-45,47-50H2,1-2H3,(H,55,58)/b13-11-,17-16-,46-42+. The van der Waals surface area contributed by atoms with Gasteiger partial charge in [0.05, 0.1) is 25.4 Å². The molecular weight excluding hydrogens is 743 g/mol. The van der Waals surface area contributed by atoms with Gasteiger partial charge in [0.1, 0.15) is 0 Å². The van der Waals surface area contributed by atoms with Gasteiger partial charge in [-0.05, 0) is 64.2 Å². The van der Waals surface area contributed by atoms with Gasteiger partial charge in [-0.15, -0.1) is 0 Å². The molecule has 0 aromatic carbocycles. The van der Waals surface area contributed by atoms with Crippen LogP contribution >= 0.6 is 0 Å². The van der Waals surface area contributed by atoms with Crippen LogP contribution in [0.2, 0.25) is 0 Å². The number of unbranched alkanes of at least 4 members (excludes halogenated alkanes) is 33. The SMILES string of the molecule is CCCCC/C=C\C/C=C\CCCCCCCCCCCC(=O)OCCCCCCCCCCCCCCCC(=O)NC(CO)C(O)/C=C/CCCCCCCCCCC. The molecule has 0 aromatic rings. The van der Waals surface area contributed by atoms with Crippen molar-refractivity contribution in [1.29, 1.82) is 0 Å². The summed E-state index contributed by atoms with van der Waals surface area (Å²) in [5, 5.41) is 23.0. The molecule has 0 aromatic heterocycles. The van der Waals surface area contributed by atoms with Gasteiger partial charge >= 0.3 is 5.97 Å². The van der Waals surface area contributed by atoms with E-state index in [4.69, 9.17) is 4.74 Å². The molecule has 352 valence electrons. The summed E-state index contributed by atoms with van der Waals surface area (Å²) in [5.74, 6) is -0.0942. The second-order valence-electron chi connectivity index (χ2n) is 17.9. The molecule has 1 amide bonds. The number of aliphatic hydroxyl groups excluding tert-OH is 2. The van der Waals surface area contributed by atoms with Crippen LogP contribution in [0.1, 0.15) is 271 Å². The van der Waals surface area contributed by atoms with Crippen molar-refractivity contribution >= 4 is 11.9 Å². The molecule has 0 saturated heterocycles. The number of rotatable bonds is 48. The number of aliphatic hydroxyl groups is 2. The first-order valence-corrected chi connectivity index (χ1v) is 26.3. The minimum atomic E-state index is -0.852. The Bertz CT molecular complexity index is 977. The highest BCUT2D eigenvalue weighted by Gasteiger charge is 2.18. The Hall–Kier alpha value is -1.92. The largest absolute Gasteiger partial charge is 0.466 e. The first kappa shape index (κ1) is 58.1. The molecule has 0 aliphatic carbocycles. The first-order chi connectivity index (χ1) is 29.5. The molecule has 0 fully saturated rings. The summed E-state index contributed by atoms with van der Waals surface area (Å²) in [6, 6.07) is -0.636.